The topological polar surface area (TPSA) is 18.5 Å². The van der Waals surface area contributed by atoms with Gasteiger partial charge in [0.1, 0.15) is 17.3 Å². The lowest BCUT2D eigenvalue weighted by atomic mass is 9.65. The minimum atomic E-state index is -0.285. The Labute approximate surface area is 148 Å². The van der Waals surface area contributed by atoms with Crippen LogP contribution in [0.5, 0.6) is 11.5 Å². The molecule has 0 amide bonds. The summed E-state index contributed by atoms with van der Waals surface area (Å²) in [6.07, 6.45) is 5.87. The Morgan fingerprint density at radius 3 is 1.72 bits per heavy atom. The highest BCUT2D eigenvalue weighted by atomic mass is 19.1. The lowest BCUT2D eigenvalue weighted by Gasteiger charge is -2.38. The Bertz CT molecular complexity index is 725. The van der Waals surface area contributed by atoms with Crippen LogP contribution < -0.4 is 9.47 Å². The van der Waals surface area contributed by atoms with Crippen LogP contribution >= 0.6 is 0 Å². The van der Waals surface area contributed by atoms with E-state index in [0.29, 0.717) is 6.42 Å². The zero-order valence-corrected chi connectivity index (χ0v) is 14.8. The smallest absolute Gasteiger partial charge is 0.118 e. The first-order chi connectivity index (χ1) is 12.1. The molecule has 1 aliphatic rings. The second-order valence-corrected chi connectivity index (χ2v) is 6.45. The quantitative estimate of drug-likeness (QED) is 0.723. The summed E-state index contributed by atoms with van der Waals surface area (Å²) in [6, 6.07) is 16.2. The molecule has 1 atom stereocenters. The fourth-order valence-electron chi connectivity index (χ4n) is 3.49. The maximum absolute atomic E-state index is 13.5. The van der Waals surface area contributed by atoms with Gasteiger partial charge in [0.05, 0.1) is 14.2 Å². The maximum atomic E-state index is 13.5. The molecular formula is C22H23FO2. The summed E-state index contributed by atoms with van der Waals surface area (Å²) < 4.78 is 24.1. The monoisotopic (exact) mass is 338 g/mol. The Kier molecular flexibility index (Phi) is 4.93. The van der Waals surface area contributed by atoms with Crippen molar-refractivity contribution >= 4 is 0 Å². The molecule has 2 aromatic carbocycles. The van der Waals surface area contributed by atoms with Crippen molar-refractivity contribution in [2.45, 2.75) is 18.8 Å². The van der Waals surface area contributed by atoms with Gasteiger partial charge in [-0.15, -0.1) is 0 Å². The van der Waals surface area contributed by atoms with Gasteiger partial charge in [-0.05, 0) is 59.9 Å². The summed E-state index contributed by atoms with van der Waals surface area (Å²) in [5.74, 6) is 1.65. The third kappa shape index (κ3) is 3.32. The summed E-state index contributed by atoms with van der Waals surface area (Å²) >= 11 is 0. The van der Waals surface area contributed by atoms with Crippen LogP contribution in [0.15, 0.2) is 72.6 Å². The molecule has 1 unspecified atom stereocenters. The molecule has 0 radical (unpaired) electrons. The highest BCUT2D eigenvalue weighted by Crippen LogP contribution is 2.44. The molecule has 25 heavy (non-hydrogen) atoms. The third-order valence-corrected chi connectivity index (χ3v) is 5.18. The first kappa shape index (κ1) is 17.3. The van der Waals surface area contributed by atoms with Gasteiger partial charge in [0.2, 0.25) is 0 Å². The Morgan fingerprint density at radius 1 is 0.880 bits per heavy atom. The fourth-order valence-corrected chi connectivity index (χ4v) is 3.49. The van der Waals surface area contributed by atoms with Crippen LogP contribution in [-0.4, -0.2) is 14.2 Å². The van der Waals surface area contributed by atoms with E-state index in [1.807, 2.05) is 30.3 Å². The van der Waals surface area contributed by atoms with E-state index in [9.17, 15) is 4.39 Å². The van der Waals surface area contributed by atoms with Crippen LogP contribution in [0.2, 0.25) is 0 Å². The number of halogens is 1. The zero-order chi connectivity index (χ0) is 17.9. The van der Waals surface area contributed by atoms with E-state index in [0.717, 1.165) is 11.5 Å². The van der Waals surface area contributed by atoms with Crippen LogP contribution in [0.4, 0.5) is 4.39 Å². The minimum Gasteiger partial charge on any atom is -0.497 e. The summed E-state index contributed by atoms with van der Waals surface area (Å²) in [6.45, 7) is 2.21. The van der Waals surface area contributed by atoms with E-state index >= 15 is 0 Å². The lowest BCUT2D eigenvalue weighted by Crippen LogP contribution is -2.33. The summed E-state index contributed by atoms with van der Waals surface area (Å²) in [5, 5.41) is 0. The van der Waals surface area contributed by atoms with E-state index in [4.69, 9.17) is 9.47 Å². The van der Waals surface area contributed by atoms with Crippen LogP contribution in [0.25, 0.3) is 0 Å². The molecule has 0 aliphatic heterocycles. The van der Waals surface area contributed by atoms with Crippen LogP contribution in [0, 0.1) is 5.92 Å². The molecule has 0 aromatic heterocycles. The van der Waals surface area contributed by atoms with Gasteiger partial charge >= 0.3 is 0 Å². The van der Waals surface area contributed by atoms with Gasteiger partial charge in [-0.3, -0.25) is 0 Å². The van der Waals surface area contributed by atoms with Crippen LogP contribution in [-0.2, 0) is 5.41 Å². The number of rotatable bonds is 5. The molecule has 0 bridgehead atoms. The first-order valence-electron chi connectivity index (χ1n) is 8.41. The second-order valence-electron chi connectivity index (χ2n) is 6.45. The molecule has 0 heterocycles. The van der Waals surface area contributed by atoms with Crippen LogP contribution in [0.1, 0.15) is 24.5 Å². The van der Waals surface area contributed by atoms with Crippen molar-refractivity contribution in [1.82, 2.24) is 0 Å². The predicted octanol–water partition coefficient (Wildman–Crippen LogP) is 5.44. The molecule has 0 N–H and O–H groups in total. The molecule has 3 heteroatoms. The average molecular weight is 338 g/mol. The fraction of sp³-hybridized carbons (Fsp3) is 0.273. The molecule has 0 spiro atoms. The summed E-state index contributed by atoms with van der Waals surface area (Å²) in [7, 11) is 3.32. The summed E-state index contributed by atoms with van der Waals surface area (Å²) in [5.41, 5.74) is 2.05. The van der Waals surface area contributed by atoms with E-state index in [-0.39, 0.29) is 17.2 Å². The maximum Gasteiger partial charge on any atom is 0.118 e. The predicted molar refractivity (Wildman–Crippen MR) is 98.9 cm³/mol. The molecule has 3 rings (SSSR count). The van der Waals surface area contributed by atoms with Gasteiger partial charge in [-0.2, -0.15) is 0 Å². The number of methoxy groups -OCH3 is 2. The number of hydrogen-bond acceptors (Lipinski definition) is 2. The van der Waals surface area contributed by atoms with Gasteiger partial charge < -0.3 is 9.47 Å². The van der Waals surface area contributed by atoms with Crippen molar-refractivity contribution in [3.63, 3.8) is 0 Å². The summed E-state index contributed by atoms with van der Waals surface area (Å²) in [4.78, 5) is 0. The molecule has 130 valence electrons. The zero-order valence-electron chi connectivity index (χ0n) is 14.8. The standard InChI is InChI=1S/C22H23FO2/c1-22(16-4-10-19(23)11-5-16,17-6-12-20(24-2)13-7-17)18-8-14-21(25-3)15-9-18/h4,6-16H,5H2,1-3H3. The van der Waals surface area contributed by atoms with E-state index < -0.39 is 0 Å². The average Bonchev–Trinajstić information content (AvgIpc) is 2.68. The number of ether oxygens (including phenoxy) is 2. The van der Waals surface area contributed by atoms with Crippen molar-refractivity contribution in [1.29, 1.82) is 0 Å². The highest BCUT2D eigenvalue weighted by molar-refractivity contribution is 5.45. The Morgan fingerprint density at radius 2 is 1.36 bits per heavy atom. The molecule has 0 fully saturated rings. The normalized spacial score (nSPS) is 17.1. The van der Waals surface area contributed by atoms with Gasteiger partial charge in [-0.25, -0.2) is 4.39 Å². The number of hydrogen-bond donors (Lipinski definition) is 0. The van der Waals surface area contributed by atoms with Crippen molar-refractivity contribution in [2.24, 2.45) is 5.92 Å². The Hall–Kier alpha value is -2.55. The molecule has 2 nitrogen and oxygen atoms in total. The van der Waals surface area contributed by atoms with Crippen molar-refractivity contribution in [2.75, 3.05) is 14.2 Å². The van der Waals surface area contributed by atoms with Gasteiger partial charge in [0, 0.05) is 5.41 Å². The SMILES string of the molecule is COc1ccc(C(C)(c2ccc(OC)cc2)C2C=CC(F)=CC2)cc1. The number of benzene rings is 2. The molecule has 0 saturated heterocycles. The molecule has 0 saturated carbocycles. The highest BCUT2D eigenvalue weighted by Gasteiger charge is 2.36. The van der Waals surface area contributed by atoms with Crippen molar-refractivity contribution in [3.8, 4) is 11.5 Å². The minimum absolute atomic E-state index is 0.161. The van der Waals surface area contributed by atoms with Crippen molar-refractivity contribution in [3.05, 3.63) is 83.7 Å². The first-order valence-corrected chi connectivity index (χ1v) is 8.41. The lowest BCUT2D eigenvalue weighted by molar-refractivity contribution is 0.399. The van der Waals surface area contributed by atoms with Crippen molar-refractivity contribution < 1.29 is 13.9 Å². The van der Waals surface area contributed by atoms with Gasteiger partial charge in [0.25, 0.3) is 0 Å². The van der Waals surface area contributed by atoms with Gasteiger partial charge in [-0.1, -0.05) is 37.3 Å². The largest absolute Gasteiger partial charge is 0.497 e. The second kappa shape index (κ2) is 7.14. The van der Waals surface area contributed by atoms with Crippen LogP contribution in [0.3, 0.4) is 0 Å². The molecule has 1 aliphatic carbocycles. The third-order valence-electron chi connectivity index (χ3n) is 5.18. The van der Waals surface area contributed by atoms with E-state index in [1.165, 1.54) is 11.1 Å². The molecule has 2 aromatic rings. The number of allylic oxidation sites excluding steroid dienone is 4. The Balaban J connectivity index is 2.07. The molecular weight excluding hydrogens is 315 g/mol. The van der Waals surface area contributed by atoms with Gasteiger partial charge in [0.15, 0.2) is 0 Å². The van der Waals surface area contributed by atoms with E-state index in [1.54, 1.807) is 26.4 Å². The van der Waals surface area contributed by atoms with E-state index in [2.05, 4.69) is 31.2 Å².